The zero-order valence-corrected chi connectivity index (χ0v) is 8.13. The van der Waals surface area contributed by atoms with Gasteiger partial charge < -0.3 is 4.90 Å². The number of rotatable bonds is 0. The quantitative estimate of drug-likeness (QED) is 0.644. The van der Waals surface area contributed by atoms with Crippen molar-refractivity contribution in [1.29, 1.82) is 0 Å². The maximum Gasteiger partial charge on any atom is 0.325 e. The van der Waals surface area contributed by atoms with Crippen molar-refractivity contribution in [3.8, 4) is 0 Å². The zero-order chi connectivity index (χ0) is 9.71. The normalized spacial score (nSPS) is 24.6. The summed E-state index contributed by atoms with van der Waals surface area (Å²) < 4.78 is 0. The van der Waals surface area contributed by atoms with E-state index in [0.717, 1.165) is 12.0 Å². The fourth-order valence-electron chi connectivity index (χ4n) is 2.06. The van der Waals surface area contributed by atoms with Gasteiger partial charge in [-0.05, 0) is 23.4 Å². The average molecular weight is 208 g/mol. The van der Waals surface area contributed by atoms with Crippen molar-refractivity contribution in [2.24, 2.45) is 0 Å². The topological polar surface area (TPSA) is 49.4 Å². The lowest BCUT2D eigenvalue weighted by molar-refractivity contribution is -0.121. The van der Waals surface area contributed by atoms with Crippen LogP contribution in [0.3, 0.4) is 0 Å². The van der Waals surface area contributed by atoms with Gasteiger partial charge in [-0.15, -0.1) is 11.3 Å². The molecule has 2 aliphatic heterocycles. The minimum absolute atomic E-state index is 0.186. The molecule has 14 heavy (non-hydrogen) atoms. The average Bonchev–Trinajstić information content (AvgIpc) is 2.71. The van der Waals surface area contributed by atoms with Crippen LogP contribution in [0.5, 0.6) is 0 Å². The van der Waals surface area contributed by atoms with Crippen LogP contribution in [0.25, 0.3) is 0 Å². The van der Waals surface area contributed by atoms with Gasteiger partial charge in [-0.25, -0.2) is 4.79 Å². The molecule has 5 heteroatoms. The number of nitrogens with one attached hydrogen (secondary N) is 1. The molecule has 1 saturated heterocycles. The second-order valence-electron chi connectivity index (χ2n) is 3.44. The minimum atomic E-state index is -0.363. The first-order valence-corrected chi connectivity index (χ1v) is 5.33. The van der Waals surface area contributed by atoms with Crippen molar-refractivity contribution in [1.82, 2.24) is 10.2 Å². The molecule has 0 spiro atoms. The maximum atomic E-state index is 11.5. The minimum Gasteiger partial charge on any atom is -0.308 e. The molecule has 1 unspecified atom stereocenters. The Labute approximate surface area is 84.5 Å². The van der Waals surface area contributed by atoms with Gasteiger partial charge in [0.2, 0.25) is 0 Å². The van der Waals surface area contributed by atoms with Gasteiger partial charge >= 0.3 is 6.03 Å². The van der Waals surface area contributed by atoms with Crippen LogP contribution in [-0.2, 0) is 11.2 Å². The van der Waals surface area contributed by atoms with E-state index in [1.807, 2.05) is 11.4 Å². The molecular weight excluding hydrogens is 200 g/mol. The monoisotopic (exact) mass is 208 g/mol. The van der Waals surface area contributed by atoms with E-state index in [1.54, 1.807) is 16.2 Å². The van der Waals surface area contributed by atoms with E-state index in [2.05, 4.69) is 5.32 Å². The van der Waals surface area contributed by atoms with Gasteiger partial charge in [-0.2, -0.15) is 0 Å². The van der Waals surface area contributed by atoms with E-state index in [9.17, 15) is 9.59 Å². The molecule has 1 aromatic heterocycles. The predicted molar refractivity (Wildman–Crippen MR) is 51.0 cm³/mol. The largest absolute Gasteiger partial charge is 0.325 e. The molecule has 1 aromatic rings. The number of nitrogens with zero attached hydrogens (tertiary/aromatic N) is 1. The number of imide groups is 1. The van der Waals surface area contributed by atoms with Crippen molar-refractivity contribution < 1.29 is 9.59 Å². The molecular formula is C9H8N2O2S. The molecule has 3 amide bonds. The fraction of sp³-hybridized carbons (Fsp3) is 0.333. The Bertz CT molecular complexity index is 426. The highest BCUT2D eigenvalue weighted by atomic mass is 32.1. The first kappa shape index (κ1) is 7.99. The number of hydrogen-bond acceptors (Lipinski definition) is 3. The van der Waals surface area contributed by atoms with Gasteiger partial charge in [0.25, 0.3) is 5.91 Å². The highest BCUT2D eigenvalue weighted by molar-refractivity contribution is 7.10. The summed E-state index contributed by atoms with van der Waals surface area (Å²) in [4.78, 5) is 25.7. The Kier molecular flexibility index (Phi) is 1.47. The van der Waals surface area contributed by atoms with Crippen LogP contribution in [-0.4, -0.2) is 23.4 Å². The zero-order valence-electron chi connectivity index (χ0n) is 7.32. The molecule has 4 nitrogen and oxygen atoms in total. The number of fused-ring (bicyclic) bond motifs is 3. The number of amides is 3. The molecule has 1 atom stereocenters. The van der Waals surface area contributed by atoms with Gasteiger partial charge in [-0.1, -0.05) is 0 Å². The first-order chi connectivity index (χ1) is 6.77. The summed E-state index contributed by atoms with van der Waals surface area (Å²) in [7, 11) is 0. The molecule has 1 fully saturated rings. The van der Waals surface area contributed by atoms with E-state index in [0.29, 0.717) is 6.54 Å². The molecule has 3 rings (SSSR count). The summed E-state index contributed by atoms with van der Waals surface area (Å²) in [6.45, 7) is 0.649. The van der Waals surface area contributed by atoms with Crippen molar-refractivity contribution in [3.05, 3.63) is 21.9 Å². The van der Waals surface area contributed by atoms with E-state index >= 15 is 0 Å². The standard InChI is InChI=1S/C9H8N2O2S/c12-8-7-5-2-4-14-6(5)1-3-11(7)9(13)10-8/h2,4,7H,1,3H2,(H,10,12,13). The molecule has 3 heterocycles. The maximum absolute atomic E-state index is 11.5. The number of carbonyl (C=O) groups is 2. The second-order valence-corrected chi connectivity index (χ2v) is 4.44. The number of urea groups is 1. The van der Waals surface area contributed by atoms with Crippen molar-refractivity contribution in [2.45, 2.75) is 12.5 Å². The van der Waals surface area contributed by atoms with Gasteiger partial charge in [0, 0.05) is 11.4 Å². The second kappa shape index (κ2) is 2.57. The van der Waals surface area contributed by atoms with Crippen LogP contribution >= 0.6 is 11.3 Å². The Morgan fingerprint density at radius 2 is 2.36 bits per heavy atom. The third-order valence-electron chi connectivity index (χ3n) is 2.71. The molecule has 72 valence electrons. The Balaban J connectivity index is 2.12. The molecule has 0 bridgehead atoms. The van der Waals surface area contributed by atoms with Gasteiger partial charge in [0.15, 0.2) is 0 Å². The van der Waals surface area contributed by atoms with Crippen LogP contribution < -0.4 is 5.32 Å². The molecule has 0 radical (unpaired) electrons. The highest BCUT2D eigenvalue weighted by Crippen LogP contribution is 2.35. The van der Waals surface area contributed by atoms with Crippen LogP contribution in [0.15, 0.2) is 11.4 Å². The lowest BCUT2D eigenvalue weighted by Gasteiger charge is -2.26. The van der Waals surface area contributed by atoms with Gasteiger partial charge in [-0.3, -0.25) is 10.1 Å². The van der Waals surface area contributed by atoms with E-state index in [4.69, 9.17) is 0 Å². The van der Waals surface area contributed by atoms with Gasteiger partial charge in [0.05, 0.1) is 0 Å². The lowest BCUT2D eigenvalue weighted by atomic mass is 10.0. The van der Waals surface area contributed by atoms with Crippen molar-refractivity contribution in [3.63, 3.8) is 0 Å². The lowest BCUT2D eigenvalue weighted by Crippen LogP contribution is -2.34. The number of thiophene rings is 1. The summed E-state index contributed by atoms with van der Waals surface area (Å²) >= 11 is 1.66. The van der Waals surface area contributed by atoms with Crippen LogP contribution in [0.4, 0.5) is 4.79 Å². The number of carbonyl (C=O) groups excluding carboxylic acids is 2. The van der Waals surface area contributed by atoms with Gasteiger partial charge in [0.1, 0.15) is 6.04 Å². The van der Waals surface area contributed by atoms with Crippen LogP contribution in [0, 0.1) is 0 Å². The Morgan fingerprint density at radius 1 is 1.50 bits per heavy atom. The summed E-state index contributed by atoms with van der Waals surface area (Å²) in [6, 6.07) is 1.32. The third kappa shape index (κ3) is 0.874. The number of hydrogen-bond donors (Lipinski definition) is 1. The molecule has 0 aliphatic carbocycles. The highest BCUT2D eigenvalue weighted by Gasteiger charge is 2.42. The van der Waals surface area contributed by atoms with Crippen molar-refractivity contribution in [2.75, 3.05) is 6.54 Å². The smallest absolute Gasteiger partial charge is 0.308 e. The first-order valence-electron chi connectivity index (χ1n) is 4.45. The van der Waals surface area contributed by atoms with E-state index in [1.165, 1.54) is 4.88 Å². The Morgan fingerprint density at radius 3 is 3.21 bits per heavy atom. The summed E-state index contributed by atoms with van der Waals surface area (Å²) in [5.41, 5.74) is 1.00. The summed E-state index contributed by atoms with van der Waals surface area (Å²) in [5.74, 6) is -0.186. The van der Waals surface area contributed by atoms with Crippen molar-refractivity contribution >= 4 is 23.3 Å². The summed E-state index contributed by atoms with van der Waals surface area (Å²) in [6.07, 6.45) is 0.865. The fourth-order valence-corrected chi connectivity index (χ4v) is 2.97. The van der Waals surface area contributed by atoms with Crippen LogP contribution in [0.1, 0.15) is 16.5 Å². The molecule has 0 aromatic carbocycles. The SMILES string of the molecule is O=C1NC(=O)N2CCc3sccc3C12. The molecule has 0 saturated carbocycles. The van der Waals surface area contributed by atoms with E-state index in [-0.39, 0.29) is 18.0 Å². The predicted octanol–water partition coefficient (Wildman–Crippen LogP) is 0.897. The molecule has 2 aliphatic rings. The summed E-state index contributed by atoms with van der Waals surface area (Å²) in [5, 5.41) is 4.32. The molecule has 1 N–H and O–H groups in total. The van der Waals surface area contributed by atoms with E-state index < -0.39 is 0 Å². The van der Waals surface area contributed by atoms with Crippen LogP contribution in [0.2, 0.25) is 0 Å². The Hall–Kier alpha value is -1.36. The third-order valence-corrected chi connectivity index (χ3v) is 3.70.